The van der Waals surface area contributed by atoms with Gasteiger partial charge in [0.25, 0.3) is 0 Å². The van der Waals surface area contributed by atoms with Crippen LogP contribution < -0.4 is 0 Å². The Morgan fingerprint density at radius 3 is 2.85 bits per heavy atom. The second-order valence-electron chi connectivity index (χ2n) is 3.93. The molecule has 0 aromatic heterocycles. The Morgan fingerprint density at radius 1 is 1.31 bits per heavy atom. The molecule has 1 saturated heterocycles. The van der Waals surface area contributed by atoms with E-state index in [-0.39, 0.29) is 0 Å². The van der Waals surface area contributed by atoms with E-state index in [1.54, 1.807) is 5.70 Å². The second kappa shape index (κ2) is 6.06. The van der Waals surface area contributed by atoms with Crippen LogP contribution in [0.3, 0.4) is 0 Å². The SMILES string of the molecule is CCC/C=C1\CCCN1CCCC. The first-order valence-corrected chi connectivity index (χ1v) is 5.82. The predicted molar refractivity (Wildman–Crippen MR) is 58.7 cm³/mol. The topological polar surface area (TPSA) is 3.24 Å². The van der Waals surface area contributed by atoms with Gasteiger partial charge in [0.15, 0.2) is 0 Å². The highest BCUT2D eigenvalue weighted by molar-refractivity contribution is 5.05. The van der Waals surface area contributed by atoms with Crippen LogP contribution in [0.2, 0.25) is 0 Å². The zero-order valence-corrected chi connectivity index (χ0v) is 9.18. The summed E-state index contributed by atoms with van der Waals surface area (Å²) in [6.45, 7) is 7.11. The zero-order valence-electron chi connectivity index (χ0n) is 9.18. The summed E-state index contributed by atoms with van der Waals surface area (Å²) in [6, 6.07) is 0. The highest BCUT2D eigenvalue weighted by atomic mass is 15.1. The summed E-state index contributed by atoms with van der Waals surface area (Å²) in [5.74, 6) is 0. The van der Waals surface area contributed by atoms with Gasteiger partial charge >= 0.3 is 0 Å². The Balaban J connectivity index is 2.34. The van der Waals surface area contributed by atoms with Crippen molar-refractivity contribution in [3.05, 3.63) is 11.8 Å². The molecular weight excluding hydrogens is 158 g/mol. The van der Waals surface area contributed by atoms with Gasteiger partial charge in [0.05, 0.1) is 0 Å². The van der Waals surface area contributed by atoms with Crippen molar-refractivity contribution in [2.45, 2.75) is 52.4 Å². The fourth-order valence-electron chi connectivity index (χ4n) is 1.90. The summed E-state index contributed by atoms with van der Waals surface area (Å²) in [5, 5.41) is 0. The van der Waals surface area contributed by atoms with Crippen LogP contribution in [0.25, 0.3) is 0 Å². The van der Waals surface area contributed by atoms with E-state index in [1.165, 1.54) is 51.6 Å². The molecule has 1 nitrogen and oxygen atoms in total. The Hall–Kier alpha value is -0.460. The zero-order chi connectivity index (χ0) is 9.52. The molecule has 76 valence electrons. The van der Waals surface area contributed by atoms with Crippen LogP contribution in [0.1, 0.15) is 52.4 Å². The van der Waals surface area contributed by atoms with E-state index in [9.17, 15) is 0 Å². The summed E-state index contributed by atoms with van der Waals surface area (Å²) in [5.41, 5.74) is 1.62. The maximum atomic E-state index is 2.58. The molecule has 0 saturated carbocycles. The largest absolute Gasteiger partial charge is 0.375 e. The summed E-state index contributed by atoms with van der Waals surface area (Å²) < 4.78 is 0. The van der Waals surface area contributed by atoms with Crippen LogP contribution in [-0.2, 0) is 0 Å². The van der Waals surface area contributed by atoms with Crippen molar-refractivity contribution in [2.24, 2.45) is 0 Å². The maximum absolute atomic E-state index is 2.58. The Morgan fingerprint density at radius 2 is 2.15 bits per heavy atom. The minimum absolute atomic E-state index is 1.26. The van der Waals surface area contributed by atoms with E-state index in [0.29, 0.717) is 0 Å². The third-order valence-electron chi connectivity index (χ3n) is 2.72. The molecule has 13 heavy (non-hydrogen) atoms. The molecule has 1 aliphatic rings. The van der Waals surface area contributed by atoms with E-state index in [4.69, 9.17) is 0 Å². The lowest BCUT2D eigenvalue weighted by Crippen LogP contribution is -2.18. The molecule has 0 bridgehead atoms. The molecule has 0 amide bonds. The van der Waals surface area contributed by atoms with Gasteiger partial charge in [-0.1, -0.05) is 32.8 Å². The van der Waals surface area contributed by atoms with E-state index in [0.717, 1.165) is 0 Å². The Labute approximate surface area is 82.8 Å². The summed E-state index contributed by atoms with van der Waals surface area (Å²) >= 11 is 0. The van der Waals surface area contributed by atoms with Crippen LogP contribution in [0.5, 0.6) is 0 Å². The van der Waals surface area contributed by atoms with Crippen molar-refractivity contribution in [3.8, 4) is 0 Å². The van der Waals surface area contributed by atoms with Crippen molar-refractivity contribution in [1.82, 2.24) is 4.90 Å². The minimum Gasteiger partial charge on any atom is -0.375 e. The molecule has 0 radical (unpaired) electrons. The van der Waals surface area contributed by atoms with Crippen molar-refractivity contribution in [2.75, 3.05) is 13.1 Å². The summed E-state index contributed by atoms with van der Waals surface area (Å²) in [6.07, 6.45) is 10.4. The quantitative estimate of drug-likeness (QED) is 0.627. The van der Waals surface area contributed by atoms with Crippen molar-refractivity contribution >= 4 is 0 Å². The average molecular weight is 181 g/mol. The maximum Gasteiger partial charge on any atom is 0.0178 e. The van der Waals surface area contributed by atoms with Gasteiger partial charge in [-0.05, 0) is 25.7 Å². The molecule has 0 N–H and O–H groups in total. The van der Waals surface area contributed by atoms with Gasteiger partial charge in [-0.25, -0.2) is 0 Å². The monoisotopic (exact) mass is 181 g/mol. The molecule has 1 heterocycles. The molecular formula is C12H23N. The Kier molecular flexibility index (Phi) is 4.95. The lowest BCUT2D eigenvalue weighted by Gasteiger charge is -2.19. The highest BCUT2D eigenvalue weighted by Crippen LogP contribution is 2.21. The van der Waals surface area contributed by atoms with E-state index >= 15 is 0 Å². The lowest BCUT2D eigenvalue weighted by molar-refractivity contribution is 0.382. The first-order valence-electron chi connectivity index (χ1n) is 5.82. The van der Waals surface area contributed by atoms with Gasteiger partial charge in [0.2, 0.25) is 0 Å². The summed E-state index contributed by atoms with van der Waals surface area (Å²) in [7, 11) is 0. The second-order valence-corrected chi connectivity index (χ2v) is 3.93. The Bertz CT molecular complexity index is 161. The van der Waals surface area contributed by atoms with Crippen molar-refractivity contribution in [3.63, 3.8) is 0 Å². The molecule has 0 unspecified atom stereocenters. The number of hydrogen-bond acceptors (Lipinski definition) is 1. The number of allylic oxidation sites excluding steroid dienone is 2. The third kappa shape index (κ3) is 3.41. The normalized spacial score (nSPS) is 20.2. The standard InChI is InChI=1S/C12H23N/c1-3-5-8-12-9-7-11-13(12)10-6-4-2/h8H,3-7,9-11H2,1-2H3/b12-8+. The fraction of sp³-hybridized carbons (Fsp3) is 0.833. The number of rotatable bonds is 5. The predicted octanol–water partition coefficient (Wildman–Crippen LogP) is 3.57. The molecule has 0 spiro atoms. The van der Waals surface area contributed by atoms with Gasteiger partial charge in [-0.3, -0.25) is 0 Å². The number of unbranched alkanes of at least 4 members (excludes halogenated alkanes) is 2. The molecule has 1 fully saturated rings. The van der Waals surface area contributed by atoms with Crippen LogP contribution in [0, 0.1) is 0 Å². The number of nitrogens with zero attached hydrogens (tertiary/aromatic N) is 1. The molecule has 0 aromatic carbocycles. The first-order chi connectivity index (χ1) is 6.38. The van der Waals surface area contributed by atoms with E-state index in [2.05, 4.69) is 24.8 Å². The smallest absolute Gasteiger partial charge is 0.0178 e. The summed E-state index contributed by atoms with van der Waals surface area (Å²) in [4.78, 5) is 2.58. The molecule has 0 aliphatic carbocycles. The van der Waals surface area contributed by atoms with Crippen LogP contribution >= 0.6 is 0 Å². The molecule has 1 rings (SSSR count). The highest BCUT2D eigenvalue weighted by Gasteiger charge is 2.14. The minimum atomic E-state index is 1.26. The molecule has 0 aromatic rings. The van der Waals surface area contributed by atoms with E-state index in [1.807, 2.05) is 0 Å². The average Bonchev–Trinajstić information content (AvgIpc) is 2.59. The van der Waals surface area contributed by atoms with Gasteiger partial charge in [0.1, 0.15) is 0 Å². The molecule has 0 atom stereocenters. The van der Waals surface area contributed by atoms with Gasteiger partial charge in [0, 0.05) is 18.8 Å². The molecule has 1 heteroatoms. The number of likely N-dealkylation sites (tertiary alicyclic amines) is 1. The van der Waals surface area contributed by atoms with Crippen molar-refractivity contribution in [1.29, 1.82) is 0 Å². The van der Waals surface area contributed by atoms with Gasteiger partial charge < -0.3 is 4.90 Å². The van der Waals surface area contributed by atoms with E-state index < -0.39 is 0 Å². The van der Waals surface area contributed by atoms with Gasteiger partial charge in [-0.15, -0.1) is 0 Å². The fourth-order valence-corrected chi connectivity index (χ4v) is 1.90. The van der Waals surface area contributed by atoms with Crippen molar-refractivity contribution < 1.29 is 0 Å². The molecule has 1 aliphatic heterocycles. The van der Waals surface area contributed by atoms with Crippen LogP contribution in [0.15, 0.2) is 11.8 Å². The third-order valence-corrected chi connectivity index (χ3v) is 2.72. The van der Waals surface area contributed by atoms with Crippen LogP contribution in [0.4, 0.5) is 0 Å². The van der Waals surface area contributed by atoms with Crippen LogP contribution in [-0.4, -0.2) is 18.0 Å². The van der Waals surface area contributed by atoms with Gasteiger partial charge in [-0.2, -0.15) is 0 Å². The lowest BCUT2D eigenvalue weighted by atomic mass is 10.2. The first kappa shape index (κ1) is 10.6. The number of hydrogen-bond donors (Lipinski definition) is 0.